The van der Waals surface area contributed by atoms with Gasteiger partial charge >= 0.3 is 6.18 Å². The molecule has 0 aromatic heterocycles. The van der Waals surface area contributed by atoms with Crippen molar-refractivity contribution in [3.63, 3.8) is 0 Å². The Balaban J connectivity index is 3.45. The van der Waals surface area contributed by atoms with Crippen LogP contribution < -0.4 is 0 Å². The van der Waals surface area contributed by atoms with E-state index in [0.29, 0.717) is 6.07 Å². The lowest BCUT2D eigenvalue weighted by atomic mass is 9.99. The maximum absolute atomic E-state index is 12.6. The summed E-state index contributed by atoms with van der Waals surface area (Å²) in [5, 5.41) is 0. The predicted molar refractivity (Wildman–Crippen MR) is 51.5 cm³/mol. The summed E-state index contributed by atoms with van der Waals surface area (Å²) in [6, 6.07) is 2.95. The van der Waals surface area contributed by atoms with E-state index in [0.717, 1.165) is 13.0 Å². The summed E-state index contributed by atoms with van der Waals surface area (Å²) in [6.45, 7) is 2.22. The number of hydrogen-bond donors (Lipinski definition) is 0. The monoisotopic (exact) mass is 230 g/mol. The Bertz CT molecular complexity index is 447. The molecule has 2 nitrogen and oxygen atoms in total. The molecule has 0 bridgehead atoms. The lowest BCUT2D eigenvalue weighted by molar-refractivity contribution is -0.137. The van der Waals surface area contributed by atoms with Crippen LogP contribution in [0.4, 0.5) is 13.2 Å². The van der Waals surface area contributed by atoms with Gasteiger partial charge in [-0.2, -0.15) is 13.2 Å². The van der Waals surface area contributed by atoms with Gasteiger partial charge < -0.3 is 0 Å². The molecule has 0 heterocycles. The molecule has 0 fully saturated rings. The molecule has 0 aliphatic rings. The topological polar surface area (TPSA) is 34.1 Å². The molecular weight excluding hydrogens is 221 g/mol. The molecule has 0 spiro atoms. The number of carbonyl (C=O) groups excluding carboxylic acids is 2. The number of ketones is 2. The highest BCUT2D eigenvalue weighted by Gasteiger charge is 2.34. The van der Waals surface area contributed by atoms with Gasteiger partial charge in [-0.25, -0.2) is 0 Å². The van der Waals surface area contributed by atoms with E-state index in [1.54, 1.807) is 0 Å². The van der Waals surface area contributed by atoms with E-state index in [4.69, 9.17) is 0 Å². The molecule has 0 saturated heterocycles. The van der Waals surface area contributed by atoms with Crippen molar-refractivity contribution < 1.29 is 22.8 Å². The Morgan fingerprint density at radius 2 is 1.62 bits per heavy atom. The zero-order chi connectivity index (χ0) is 12.5. The van der Waals surface area contributed by atoms with Crippen molar-refractivity contribution >= 4 is 11.6 Å². The van der Waals surface area contributed by atoms with Gasteiger partial charge in [-0.05, 0) is 19.9 Å². The third kappa shape index (κ3) is 2.48. The van der Waals surface area contributed by atoms with Crippen LogP contribution in [0.3, 0.4) is 0 Å². The normalized spacial score (nSPS) is 11.3. The Kier molecular flexibility index (Phi) is 3.16. The summed E-state index contributed by atoms with van der Waals surface area (Å²) in [5.74, 6) is -1.15. The highest BCUT2D eigenvalue weighted by molar-refractivity contribution is 5.99. The van der Waals surface area contributed by atoms with Gasteiger partial charge in [-0.3, -0.25) is 9.59 Å². The van der Waals surface area contributed by atoms with Crippen LogP contribution in [0.15, 0.2) is 18.2 Å². The van der Waals surface area contributed by atoms with E-state index in [9.17, 15) is 22.8 Å². The van der Waals surface area contributed by atoms with E-state index in [2.05, 4.69) is 0 Å². The fourth-order valence-electron chi connectivity index (χ4n) is 1.30. The minimum absolute atomic E-state index is 0.0580. The summed E-state index contributed by atoms with van der Waals surface area (Å²) >= 11 is 0. The Morgan fingerprint density at radius 1 is 1.06 bits per heavy atom. The van der Waals surface area contributed by atoms with Gasteiger partial charge in [-0.1, -0.05) is 12.1 Å². The number of Topliss-reactive ketones (excluding diaryl/α,β-unsaturated/α-hetero) is 2. The number of carbonyl (C=O) groups is 2. The molecule has 0 aliphatic heterocycles. The fourth-order valence-corrected chi connectivity index (χ4v) is 1.30. The second-order valence-electron chi connectivity index (χ2n) is 3.37. The molecule has 0 atom stereocenters. The average Bonchev–Trinajstić information content (AvgIpc) is 2.15. The third-order valence-corrected chi connectivity index (χ3v) is 2.11. The van der Waals surface area contributed by atoms with Crippen molar-refractivity contribution in [1.82, 2.24) is 0 Å². The van der Waals surface area contributed by atoms with Crippen LogP contribution in [0.25, 0.3) is 0 Å². The summed E-state index contributed by atoms with van der Waals surface area (Å²) in [7, 11) is 0. The molecular formula is C11H9F3O2. The zero-order valence-electron chi connectivity index (χ0n) is 8.68. The van der Waals surface area contributed by atoms with Crippen LogP contribution in [0.2, 0.25) is 0 Å². The number of hydrogen-bond acceptors (Lipinski definition) is 2. The first-order chi connectivity index (χ1) is 7.23. The SMILES string of the molecule is CC(=O)c1ccc(C(C)=O)c(C(F)(F)F)c1. The molecule has 1 rings (SSSR count). The molecule has 0 saturated carbocycles. The van der Waals surface area contributed by atoms with Crippen LogP contribution in [0.5, 0.6) is 0 Å². The van der Waals surface area contributed by atoms with Gasteiger partial charge in [0.1, 0.15) is 0 Å². The smallest absolute Gasteiger partial charge is 0.295 e. The number of halogens is 3. The predicted octanol–water partition coefficient (Wildman–Crippen LogP) is 3.11. The van der Waals surface area contributed by atoms with Crippen molar-refractivity contribution in [1.29, 1.82) is 0 Å². The van der Waals surface area contributed by atoms with Crippen LogP contribution in [-0.2, 0) is 6.18 Å². The summed E-state index contributed by atoms with van der Waals surface area (Å²) < 4.78 is 37.8. The molecule has 16 heavy (non-hydrogen) atoms. The summed E-state index contributed by atoms with van der Waals surface area (Å²) in [5.41, 5.74) is -1.54. The Hall–Kier alpha value is -1.65. The van der Waals surface area contributed by atoms with Gasteiger partial charge in [0, 0.05) is 11.1 Å². The molecule has 5 heteroatoms. The van der Waals surface area contributed by atoms with E-state index in [1.807, 2.05) is 0 Å². The number of rotatable bonds is 2. The van der Waals surface area contributed by atoms with E-state index in [1.165, 1.54) is 13.0 Å². The lowest BCUT2D eigenvalue weighted by Crippen LogP contribution is -2.13. The molecule has 1 aromatic carbocycles. The third-order valence-electron chi connectivity index (χ3n) is 2.11. The zero-order valence-corrected chi connectivity index (χ0v) is 8.68. The van der Waals surface area contributed by atoms with Crippen molar-refractivity contribution in [2.45, 2.75) is 20.0 Å². The quantitative estimate of drug-likeness (QED) is 0.731. The highest BCUT2D eigenvalue weighted by atomic mass is 19.4. The molecule has 0 unspecified atom stereocenters. The molecule has 0 N–H and O–H groups in total. The lowest BCUT2D eigenvalue weighted by Gasteiger charge is -2.11. The van der Waals surface area contributed by atoms with Gasteiger partial charge in [0.05, 0.1) is 5.56 Å². The first-order valence-corrected chi connectivity index (χ1v) is 4.46. The first-order valence-electron chi connectivity index (χ1n) is 4.46. The van der Waals surface area contributed by atoms with E-state index < -0.39 is 28.9 Å². The van der Waals surface area contributed by atoms with Crippen molar-refractivity contribution in [3.05, 3.63) is 34.9 Å². The molecule has 0 amide bonds. The standard InChI is InChI=1S/C11H9F3O2/c1-6(15)8-3-4-9(7(2)16)10(5-8)11(12,13)14/h3-5H,1-2H3. The van der Waals surface area contributed by atoms with Gasteiger partial charge in [0.2, 0.25) is 0 Å². The molecule has 0 radical (unpaired) electrons. The van der Waals surface area contributed by atoms with Gasteiger partial charge in [-0.15, -0.1) is 0 Å². The Labute approximate surface area is 90.1 Å². The maximum atomic E-state index is 12.6. The second kappa shape index (κ2) is 4.08. The minimum atomic E-state index is -4.63. The fraction of sp³-hybridized carbons (Fsp3) is 0.273. The molecule has 86 valence electrons. The van der Waals surface area contributed by atoms with Crippen molar-refractivity contribution in [2.75, 3.05) is 0 Å². The minimum Gasteiger partial charge on any atom is -0.295 e. The number of benzene rings is 1. The Morgan fingerprint density at radius 3 is 2.00 bits per heavy atom. The van der Waals surface area contributed by atoms with Gasteiger partial charge in [0.25, 0.3) is 0 Å². The van der Waals surface area contributed by atoms with Crippen molar-refractivity contribution in [2.24, 2.45) is 0 Å². The van der Waals surface area contributed by atoms with E-state index in [-0.39, 0.29) is 5.56 Å². The molecule has 1 aromatic rings. The highest BCUT2D eigenvalue weighted by Crippen LogP contribution is 2.33. The molecule has 0 aliphatic carbocycles. The second-order valence-corrected chi connectivity index (χ2v) is 3.37. The van der Waals surface area contributed by atoms with Crippen molar-refractivity contribution in [3.8, 4) is 0 Å². The van der Waals surface area contributed by atoms with E-state index >= 15 is 0 Å². The summed E-state index contributed by atoms with van der Waals surface area (Å²) in [6.07, 6.45) is -4.63. The van der Waals surface area contributed by atoms with Crippen LogP contribution in [0, 0.1) is 0 Å². The summed E-state index contributed by atoms with van der Waals surface area (Å²) in [4.78, 5) is 22.0. The van der Waals surface area contributed by atoms with Crippen LogP contribution >= 0.6 is 0 Å². The van der Waals surface area contributed by atoms with Crippen LogP contribution in [-0.4, -0.2) is 11.6 Å². The van der Waals surface area contributed by atoms with Gasteiger partial charge in [0.15, 0.2) is 11.6 Å². The number of alkyl halides is 3. The first kappa shape index (κ1) is 12.4. The average molecular weight is 230 g/mol. The maximum Gasteiger partial charge on any atom is 0.417 e. The van der Waals surface area contributed by atoms with Crippen LogP contribution in [0.1, 0.15) is 40.1 Å². The largest absolute Gasteiger partial charge is 0.417 e.